The van der Waals surface area contributed by atoms with Crippen LogP contribution in [-0.2, 0) is 12.8 Å². The minimum absolute atomic E-state index is 0.0585. The predicted octanol–water partition coefficient (Wildman–Crippen LogP) is 3.29. The summed E-state index contributed by atoms with van der Waals surface area (Å²) in [5.41, 5.74) is 5.58. The van der Waals surface area contributed by atoms with E-state index in [4.69, 9.17) is 0 Å². The van der Waals surface area contributed by atoms with Crippen LogP contribution < -0.4 is 5.56 Å². The smallest absolute Gasteiger partial charge is 0.252 e. The van der Waals surface area contributed by atoms with Crippen molar-refractivity contribution >= 4 is 10.9 Å². The summed E-state index contributed by atoms with van der Waals surface area (Å²) in [6.07, 6.45) is 1.77. The molecular weight excluding hydrogens is 234 g/mol. The number of para-hydroxylation sites is 1. The zero-order chi connectivity index (χ0) is 12.8. The normalized spacial score (nSPS) is 13.1. The van der Waals surface area contributed by atoms with Gasteiger partial charge in [0.2, 0.25) is 0 Å². The number of H-pyrrole nitrogens is 1. The summed E-state index contributed by atoms with van der Waals surface area (Å²) in [6, 6.07) is 16.4. The Bertz CT molecular complexity index is 845. The zero-order valence-electron chi connectivity index (χ0n) is 10.4. The average molecular weight is 247 g/mol. The molecule has 0 saturated carbocycles. The van der Waals surface area contributed by atoms with E-state index in [1.165, 1.54) is 11.1 Å². The second kappa shape index (κ2) is 3.82. The largest absolute Gasteiger partial charge is 0.322 e. The number of rotatable bonds is 0. The SMILES string of the molecule is O=c1[nH]c2ccccc2c2c1CCc1ccccc1-2. The lowest BCUT2D eigenvalue weighted by Gasteiger charge is -2.20. The molecule has 0 unspecified atom stereocenters. The summed E-state index contributed by atoms with van der Waals surface area (Å²) >= 11 is 0. The van der Waals surface area contributed by atoms with Gasteiger partial charge in [0.05, 0.1) is 0 Å². The van der Waals surface area contributed by atoms with Crippen molar-refractivity contribution in [1.29, 1.82) is 0 Å². The monoisotopic (exact) mass is 247 g/mol. The summed E-state index contributed by atoms with van der Waals surface area (Å²) in [6.45, 7) is 0. The Labute approximate surface area is 110 Å². The Morgan fingerprint density at radius 2 is 1.68 bits per heavy atom. The van der Waals surface area contributed by atoms with Gasteiger partial charge in [-0.15, -0.1) is 0 Å². The number of aromatic amines is 1. The number of benzene rings is 2. The molecule has 1 N–H and O–H groups in total. The Kier molecular flexibility index (Phi) is 2.12. The van der Waals surface area contributed by atoms with Gasteiger partial charge in [-0.25, -0.2) is 0 Å². The van der Waals surface area contributed by atoms with Gasteiger partial charge in [0, 0.05) is 16.5 Å². The molecule has 92 valence electrons. The molecule has 4 rings (SSSR count). The number of hydrogen-bond acceptors (Lipinski definition) is 1. The van der Waals surface area contributed by atoms with Crippen LogP contribution in [0.2, 0.25) is 0 Å². The predicted molar refractivity (Wildman–Crippen MR) is 77.4 cm³/mol. The van der Waals surface area contributed by atoms with E-state index >= 15 is 0 Å². The molecule has 1 aliphatic rings. The van der Waals surface area contributed by atoms with Crippen molar-refractivity contribution in [2.24, 2.45) is 0 Å². The van der Waals surface area contributed by atoms with E-state index in [1.54, 1.807) is 0 Å². The zero-order valence-corrected chi connectivity index (χ0v) is 10.4. The van der Waals surface area contributed by atoms with Crippen LogP contribution in [0, 0.1) is 0 Å². The molecule has 0 fully saturated rings. The molecule has 0 bridgehead atoms. The van der Waals surface area contributed by atoms with Crippen molar-refractivity contribution in [2.75, 3.05) is 0 Å². The van der Waals surface area contributed by atoms with Gasteiger partial charge in [0.1, 0.15) is 0 Å². The molecule has 1 aromatic heterocycles. The molecule has 0 radical (unpaired) electrons. The molecule has 0 aliphatic heterocycles. The van der Waals surface area contributed by atoms with Crippen molar-refractivity contribution in [2.45, 2.75) is 12.8 Å². The van der Waals surface area contributed by atoms with Gasteiger partial charge in [-0.3, -0.25) is 4.79 Å². The maximum absolute atomic E-state index is 12.2. The topological polar surface area (TPSA) is 32.9 Å². The number of hydrogen-bond donors (Lipinski definition) is 1. The van der Waals surface area contributed by atoms with Crippen molar-refractivity contribution < 1.29 is 0 Å². The number of fused-ring (bicyclic) bond motifs is 5. The lowest BCUT2D eigenvalue weighted by Crippen LogP contribution is -2.18. The van der Waals surface area contributed by atoms with Crippen LogP contribution in [-0.4, -0.2) is 4.98 Å². The van der Waals surface area contributed by atoms with E-state index in [2.05, 4.69) is 29.2 Å². The highest BCUT2D eigenvalue weighted by Crippen LogP contribution is 2.36. The Morgan fingerprint density at radius 3 is 2.63 bits per heavy atom. The second-order valence-electron chi connectivity index (χ2n) is 5.01. The first-order valence-corrected chi connectivity index (χ1v) is 6.57. The number of pyridine rings is 1. The highest BCUT2D eigenvalue weighted by atomic mass is 16.1. The summed E-state index contributed by atoms with van der Waals surface area (Å²) < 4.78 is 0. The van der Waals surface area contributed by atoms with Crippen LogP contribution >= 0.6 is 0 Å². The first-order chi connectivity index (χ1) is 9.34. The van der Waals surface area contributed by atoms with E-state index < -0.39 is 0 Å². The van der Waals surface area contributed by atoms with Gasteiger partial charge in [-0.1, -0.05) is 42.5 Å². The van der Waals surface area contributed by atoms with E-state index in [0.717, 1.165) is 34.9 Å². The van der Waals surface area contributed by atoms with Gasteiger partial charge in [-0.2, -0.15) is 0 Å². The quantitative estimate of drug-likeness (QED) is 0.649. The van der Waals surface area contributed by atoms with Crippen LogP contribution in [0.1, 0.15) is 11.1 Å². The molecular formula is C17H13NO. The maximum atomic E-state index is 12.2. The molecule has 2 aromatic carbocycles. The molecule has 1 heterocycles. The summed E-state index contributed by atoms with van der Waals surface area (Å²) in [7, 11) is 0. The first kappa shape index (κ1) is 10.6. The summed E-state index contributed by atoms with van der Waals surface area (Å²) in [5, 5.41) is 1.14. The molecule has 19 heavy (non-hydrogen) atoms. The Morgan fingerprint density at radius 1 is 0.895 bits per heavy atom. The van der Waals surface area contributed by atoms with Crippen LogP contribution in [0.3, 0.4) is 0 Å². The van der Waals surface area contributed by atoms with Gasteiger partial charge < -0.3 is 4.98 Å². The van der Waals surface area contributed by atoms with Crippen molar-refractivity contribution in [3.05, 3.63) is 70.0 Å². The molecule has 2 heteroatoms. The van der Waals surface area contributed by atoms with Gasteiger partial charge >= 0.3 is 0 Å². The van der Waals surface area contributed by atoms with Crippen LogP contribution in [0.15, 0.2) is 53.3 Å². The van der Waals surface area contributed by atoms with Crippen molar-refractivity contribution in [1.82, 2.24) is 4.98 Å². The molecule has 2 nitrogen and oxygen atoms in total. The third-order valence-electron chi connectivity index (χ3n) is 3.95. The fourth-order valence-corrected chi connectivity index (χ4v) is 3.07. The minimum Gasteiger partial charge on any atom is -0.322 e. The van der Waals surface area contributed by atoms with E-state index in [-0.39, 0.29) is 5.56 Å². The third-order valence-corrected chi connectivity index (χ3v) is 3.95. The molecule has 0 atom stereocenters. The fourth-order valence-electron chi connectivity index (χ4n) is 3.07. The average Bonchev–Trinajstić information content (AvgIpc) is 2.47. The molecule has 0 amide bonds. The summed E-state index contributed by atoms with van der Waals surface area (Å²) in [5.74, 6) is 0. The van der Waals surface area contributed by atoms with Gasteiger partial charge in [-0.05, 0) is 35.6 Å². The van der Waals surface area contributed by atoms with E-state index in [9.17, 15) is 4.79 Å². The lowest BCUT2D eigenvalue weighted by molar-refractivity contribution is 0.923. The third kappa shape index (κ3) is 1.46. The Hall–Kier alpha value is -2.35. The highest BCUT2D eigenvalue weighted by molar-refractivity contribution is 5.97. The minimum atomic E-state index is 0.0585. The van der Waals surface area contributed by atoms with Crippen molar-refractivity contribution in [3.63, 3.8) is 0 Å². The van der Waals surface area contributed by atoms with Crippen LogP contribution in [0.4, 0.5) is 0 Å². The molecule has 0 saturated heterocycles. The highest BCUT2D eigenvalue weighted by Gasteiger charge is 2.20. The Balaban J connectivity index is 2.22. The van der Waals surface area contributed by atoms with Crippen molar-refractivity contribution in [3.8, 4) is 11.1 Å². The van der Waals surface area contributed by atoms with E-state index in [0.29, 0.717) is 0 Å². The number of nitrogens with one attached hydrogen (secondary N) is 1. The molecule has 1 aliphatic carbocycles. The standard InChI is InChI=1S/C17H13NO/c19-17-14-10-9-11-5-1-2-6-12(11)16(14)13-7-3-4-8-15(13)18-17/h1-8H,9-10H2,(H,18,19). The maximum Gasteiger partial charge on any atom is 0.252 e. The fraction of sp³-hybridized carbons (Fsp3) is 0.118. The second-order valence-corrected chi connectivity index (χ2v) is 5.01. The van der Waals surface area contributed by atoms with Crippen LogP contribution in [0.25, 0.3) is 22.0 Å². The molecule has 3 aromatic rings. The molecule has 0 spiro atoms. The van der Waals surface area contributed by atoms with Crippen LogP contribution in [0.5, 0.6) is 0 Å². The van der Waals surface area contributed by atoms with Gasteiger partial charge in [0.15, 0.2) is 0 Å². The van der Waals surface area contributed by atoms with Gasteiger partial charge in [0.25, 0.3) is 5.56 Å². The van der Waals surface area contributed by atoms with E-state index in [1.807, 2.05) is 24.3 Å². The first-order valence-electron chi connectivity index (χ1n) is 6.57. The summed E-state index contributed by atoms with van der Waals surface area (Å²) in [4.78, 5) is 15.2. The number of aryl methyl sites for hydroxylation is 1. The number of aromatic nitrogens is 1. The lowest BCUT2D eigenvalue weighted by atomic mass is 9.84.